The molecule has 276 valence electrons. The van der Waals surface area contributed by atoms with Crippen LogP contribution in [0.4, 0.5) is 0 Å². The molecule has 2 aromatic rings. The van der Waals surface area contributed by atoms with Crippen LogP contribution in [0.2, 0.25) is 0 Å². The fraction of sp³-hybridized carbons (Fsp3) is 0.698. The highest BCUT2D eigenvalue weighted by Crippen LogP contribution is 2.74. The van der Waals surface area contributed by atoms with E-state index in [0.717, 1.165) is 43.2 Å². The first kappa shape index (κ1) is 34.3. The summed E-state index contributed by atoms with van der Waals surface area (Å²) < 4.78 is 15.6. The Morgan fingerprint density at radius 2 is 1.75 bits per heavy atom. The lowest BCUT2D eigenvalue weighted by Crippen LogP contribution is -2.65. The largest absolute Gasteiger partial charge is 0.481 e. The van der Waals surface area contributed by atoms with Gasteiger partial charge in [-0.05, 0) is 137 Å². The molecule has 3 aliphatic heterocycles. The van der Waals surface area contributed by atoms with Crippen molar-refractivity contribution in [3.8, 4) is 0 Å². The Labute approximate surface area is 301 Å². The van der Waals surface area contributed by atoms with Gasteiger partial charge in [-0.15, -0.1) is 0 Å². The van der Waals surface area contributed by atoms with Gasteiger partial charge in [-0.1, -0.05) is 32.9 Å². The number of fused-ring (bicyclic) bond motifs is 13. The Bertz CT molecular complexity index is 1970. The summed E-state index contributed by atoms with van der Waals surface area (Å²) in [6.45, 7) is 23.8. The molecule has 12 atom stereocenters. The topological polar surface area (TPSA) is 121 Å². The molecule has 7 aliphatic rings. The summed E-state index contributed by atoms with van der Waals surface area (Å²) in [4.78, 5) is 11.8. The van der Waals surface area contributed by atoms with Gasteiger partial charge in [-0.25, -0.2) is 0 Å². The van der Waals surface area contributed by atoms with Gasteiger partial charge in [0.25, 0.3) is 0 Å². The van der Waals surface area contributed by atoms with E-state index in [2.05, 4.69) is 78.7 Å². The number of hydrogen-bond acceptors (Lipinski definition) is 6. The average Bonchev–Trinajstić information content (AvgIpc) is 3.78. The van der Waals surface area contributed by atoms with Crippen molar-refractivity contribution in [2.24, 2.45) is 34.5 Å². The quantitative estimate of drug-likeness (QED) is 0.250. The maximum Gasteiger partial charge on any atom is 0.308 e. The van der Waals surface area contributed by atoms with E-state index in [-0.39, 0.29) is 28.7 Å². The van der Waals surface area contributed by atoms with Crippen LogP contribution in [0.3, 0.4) is 0 Å². The number of nitrogens with zero attached hydrogens (tertiary/aromatic N) is 1. The number of carbonyl (C=O) groups is 1. The molecule has 0 bridgehead atoms. The molecule has 4 heterocycles. The Hall–Kier alpha value is -2.49. The van der Waals surface area contributed by atoms with Gasteiger partial charge in [0.05, 0.1) is 47.0 Å². The molecule has 8 nitrogen and oxygen atoms in total. The van der Waals surface area contributed by atoms with Crippen LogP contribution >= 0.6 is 0 Å². The van der Waals surface area contributed by atoms with Crippen LogP contribution in [0.1, 0.15) is 135 Å². The summed E-state index contributed by atoms with van der Waals surface area (Å²) >= 11 is 0. The predicted octanol–water partition coefficient (Wildman–Crippen LogP) is 7.15. The van der Waals surface area contributed by atoms with Crippen LogP contribution in [0, 0.1) is 34.5 Å². The molecule has 3 fully saturated rings. The van der Waals surface area contributed by atoms with Crippen LogP contribution in [0.5, 0.6) is 0 Å². The van der Waals surface area contributed by atoms with E-state index in [1.807, 2.05) is 0 Å². The number of rotatable bonds is 4. The minimum absolute atomic E-state index is 0.0877. The number of aromatic nitrogens is 1. The highest BCUT2D eigenvalue weighted by atomic mass is 16.6. The number of hydrogen-bond donors (Lipinski definition) is 4. The van der Waals surface area contributed by atoms with E-state index in [1.54, 1.807) is 0 Å². The molecule has 51 heavy (non-hydrogen) atoms. The summed E-state index contributed by atoms with van der Waals surface area (Å²) in [5.41, 5.74) is 7.96. The number of ether oxygens (including phenoxy) is 2. The van der Waals surface area contributed by atoms with Crippen molar-refractivity contribution in [2.75, 3.05) is 0 Å². The Kier molecular flexibility index (Phi) is 6.71. The molecule has 1 aromatic carbocycles. The maximum absolute atomic E-state index is 12.3. The molecular weight excluding hydrogens is 642 g/mol. The first-order valence-corrected chi connectivity index (χ1v) is 19.4. The van der Waals surface area contributed by atoms with Crippen LogP contribution in [0.15, 0.2) is 24.3 Å². The zero-order valence-electron chi connectivity index (χ0n) is 31.9. The molecule has 9 rings (SSSR count). The SMILES string of the molecule is C=C(C)[C@H]1Cc2c3c(cc4c5c(n1c24)[C@@]1(C)[C@@H](CC[C@@H]2[C@]1(C)CC[C@]1(O)O[C@H]([C@@H](O)[C@H](C)C(=O)O)C[C@@]21C)C5)C1=CC(C)(C)OC(C)(C)[C@H]1[C@@H]3O. The third-order valence-electron chi connectivity index (χ3n) is 16.3. The molecular formula is C43H57NO7. The number of benzene rings is 1. The molecule has 4 N–H and O–H groups in total. The summed E-state index contributed by atoms with van der Waals surface area (Å²) in [7, 11) is 0. The summed E-state index contributed by atoms with van der Waals surface area (Å²) in [5, 5.41) is 46.7. The lowest BCUT2D eigenvalue weighted by molar-refractivity contribution is -0.301. The van der Waals surface area contributed by atoms with Gasteiger partial charge in [-0.2, -0.15) is 0 Å². The van der Waals surface area contributed by atoms with Crippen LogP contribution in [-0.4, -0.2) is 60.2 Å². The number of aliphatic hydroxyl groups is 3. The van der Waals surface area contributed by atoms with E-state index in [0.29, 0.717) is 18.8 Å². The predicted molar refractivity (Wildman–Crippen MR) is 195 cm³/mol. The minimum atomic E-state index is -1.42. The molecule has 2 saturated carbocycles. The Balaban J connectivity index is 1.22. The normalized spacial score (nSPS) is 43.4. The van der Waals surface area contributed by atoms with Gasteiger partial charge in [0.15, 0.2) is 5.79 Å². The van der Waals surface area contributed by atoms with Crippen molar-refractivity contribution in [1.82, 2.24) is 4.57 Å². The van der Waals surface area contributed by atoms with E-state index >= 15 is 0 Å². The summed E-state index contributed by atoms with van der Waals surface area (Å²) in [6, 6.07) is 2.50. The van der Waals surface area contributed by atoms with Gasteiger partial charge in [0.2, 0.25) is 0 Å². The second-order valence-corrected chi connectivity index (χ2v) is 19.6. The van der Waals surface area contributed by atoms with E-state index in [1.165, 1.54) is 45.8 Å². The molecule has 0 unspecified atom stereocenters. The van der Waals surface area contributed by atoms with E-state index in [4.69, 9.17) is 9.47 Å². The lowest BCUT2D eigenvalue weighted by Gasteiger charge is -2.65. The Morgan fingerprint density at radius 3 is 2.41 bits per heavy atom. The number of carboxylic acid groups (broad SMARTS) is 1. The monoisotopic (exact) mass is 699 g/mol. The standard InChI is InChI=1S/C43H57NO7/c1-20(2)28-17-26-31-23(27-18-38(4,5)51-39(6,7)32(27)35(31)46)16-24-25-15-22-11-12-30-40(8,42(22,10)36(25)44(28)33(24)26)13-14-43(49)41(30,9)19-29(50-43)34(45)21(3)37(47)48/h16,18,21-22,28-30,32,34-35,45-46,49H,1,11-15,17,19H2,2-10H3,(H,47,48)/t21-,22-,28+,29-,30+,32+,34-,35+,40-,41-,42+,43-/m0/s1. The lowest BCUT2D eigenvalue weighted by atomic mass is 9.40. The third-order valence-corrected chi connectivity index (χ3v) is 16.3. The molecule has 4 aliphatic carbocycles. The van der Waals surface area contributed by atoms with Gasteiger partial charge in [-0.3, -0.25) is 4.79 Å². The second-order valence-electron chi connectivity index (χ2n) is 19.6. The van der Waals surface area contributed by atoms with Crippen LogP contribution in [0.25, 0.3) is 16.5 Å². The van der Waals surface area contributed by atoms with Crippen molar-refractivity contribution in [3.63, 3.8) is 0 Å². The fourth-order valence-electron chi connectivity index (χ4n) is 13.9. The summed E-state index contributed by atoms with van der Waals surface area (Å²) in [5.74, 6) is -3.07. The van der Waals surface area contributed by atoms with Crippen molar-refractivity contribution in [3.05, 3.63) is 52.2 Å². The third kappa shape index (κ3) is 3.92. The molecule has 1 saturated heterocycles. The fourth-order valence-corrected chi connectivity index (χ4v) is 13.9. The number of allylic oxidation sites excluding steroid dienone is 1. The first-order valence-electron chi connectivity index (χ1n) is 19.4. The zero-order valence-corrected chi connectivity index (χ0v) is 31.9. The average molecular weight is 700 g/mol. The van der Waals surface area contributed by atoms with Crippen molar-refractivity contribution >= 4 is 22.4 Å². The first-order chi connectivity index (χ1) is 23.6. The zero-order chi connectivity index (χ0) is 36.7. The highest BCUT2D eigenvalue weighted by Gasteiger charge is 2.73. The van der Waals surface area contributed by atoms with E-state index in [9.17, 15) is 25.2 Å². The highest BCUT2D eigenvalue weighted by molar-refractivity contribution is 5.97. The van der Waals surface area contributed by atoms with Gasteiger partial charge < -0.3 is 34.5 Å². The maximum atomic E-state index is 12.3. The molecule has 1 aromatic heterocycles. The number of carboxylic acids is 1. The molecule has 0 spiro atoms. The smallest absolute Gasteiger partial charge is 0.308 e. The Morgan fingerprint density at radius 1 is 1.04 bits per heavy atom. The van der Waals surface area contributed by atoms with Crippen molar-refractivity contribution < 1.29 is 34.7 Å². The van der Waals surface area contributed by atoms with E-state index < -0.39 is 52.6 Å². The molecule has 0 radical (unpaired) electrons. The van der Waals surface area contributed by atoms with Crippen molar-refractivity contribution in [1.29, 1.82) is 0 Å². The van der Waals surface area contributed by atoms with Crippen LogP contribution in [-0.2, 0) is 32.5 Å². The molecule has 8 heteroatoms. The number of aliphatic hydroxyl groups excluding tert-OH is 2. The van der Waals surface area contributed by atoms with Crippen molar-refractivity contribution in [2.45, 2.75) is 154 Å². The van der Waals surface area contributed by atoms with Crippen LogP contribution < -0.4 is 0 Å². The van der Waals surface area contributed by atoms with Gasteiger partial charge >= 0.3 is 5.97 Å². The summed E-state index contributed by atoms with van der Waals surface area (Å²) in [6.07, 6.45) is 5.09. The minimum Gasteiger partial charge on any atom is -0.481 e. The second kappa shape index (κ2) is 9.97. The van der Waals surface area contributed by atoms with Gasteiger partial charge in [0, 0.05) is 34.2 Å². The van der Waals surface area contributed by atoms with Gasteiger partial charge in [0.1, 0.15) is 0 Å². The molecule has 0 amide bonds. The number of aliphatic carboxylic acids is 1.